The van der Waals surface area contributed by atoms with E-state index in [-0.39, 0.29) is 11.9 Å². The average molecular weight is 467 g/mol. The Hall–Kier alpha value is -2.71. The predicted octanol–water partition coefficient (Wildman–Crippen LogP) is 3.23. The molecule has 32 heavy (non-hydrogen) atoms. The smallest absolute Gasteiger partial charge is 0.222 e. The maximum atomic E-state index is 12.6. The number of nitrogens with one attached hydrogen (secondary N) is 1. The Labute approximate surface area is 193 Å². The fraction of sp³-hybridized carbons (Fsp3) is 0.318. The van der Waals surface area contributed by atoms with E-state index in [0.29, 0.717) is 45.2 Å². The molecule has 8 nitrogen and oxygen atoms in total. The van der Waals surface area contributed by atoms with Crippen LogP contribution in [0.2, 0.25) is 0 Å². The van der Waals surface area contributed by atoms with E-state index < -0.39 is 11.2 Å². The number of aliphatic hydroxyl groups excluding tert-OH is 1. The number of rotatable bonds is 9. The lowest BCUT2D eigenvalue weighted by Gasteiger charge is -2.27. The van der Waals surface area contributed by atoms with Gasteiger partial charge in [0.25, 0.3) is 0 Å². The molecule has 1 aliphatic carbocycles. The van der Waals surface area contributed by atoms with Crippen LogP contribution >= 0.6 is 11.8 Å². The third-order valence-electron chi connectivity index (χ3n) is 5.08. The summed E-state index contributed by atoms with van der Waals surface area (Å²) >= 11 is 0.377. The zero-order valence-electron chi connectivity index (χ0n) is 17.3. The lowest BCUT2D eigenvalue weighted by atomic mass is 10.0. The fourth-order valence-electron chi connectivity index (χ4n) is 3.13. The van der Waals surface area contributed by atoms with Crippen molar-refractivity contribution in [3.8, 4) is 28.7 Å². The zero-order chi connectivity index (χ0) is 22.3. The summed E-state index contributed by atoms with van der Waals surface area (Å²) in [6.45, 7) is 0.330. The van der Waals surface area contributed by atoms with E-state index in [2.05, 4.69) is 31.3 Å². The molecule has 2 heterocycles. The molecule has 164 valence electrons. The van der Waals surface area contributed by atoms with Crippen molar-refractivity contribution in [3.05, 3.63) is 48.3 Å². The van der Waals surface area contributed by atoms with Crippen LogP contribution < -0.4 is 5.32 Å². The van der Waals surface area contributed by atoms with Crippen molar-refractivity contribution in [2.24, 2.45) is 0 Å². The third kappa shape index (κ3) is 5.19. The number of hydrogen-bond acceptors (Lipinski definition) is 9. The summed E-state index contributed by atoms with van der Waals surface area (Å²) < 4.78 is 12.6. The van der Waals surface area contributed by atoms with Crippen LogP contribution in [0, 0.1) is 11.3 Å². The molecule has 2 aromatic heterocycles. The first-order valence-corrected chi connectivity index (χ1v) is 12.6. The molecule has 0 bridgehead atoms. The van der Waals surface area contributed by atoms with E-state index in [9.17, 15) is 9.81 Å². The van der Waals surface area contributed by atoms with Crippen molar-refractivity contribution >= 4 is 28.9 Å². The van der Waals surface area contributed by atoms with Gasteiger partial charge in [-0.1, -0.05) is 42.1 Å². The standard InChI is InChI=1S/C22H22N6O2S2/c23-11-18-19(15-5-2-1-3-6-15)27-20(16-12-25-22(26-13-16)24-9-10-29)28-21(18)31-14-32(30)17-7-4-8-17/h1-3,5-6,12-13,17,29H,4,7-10,14H2,(H,24,25,26). The van der Waals surface area contributed by atoms with E-state index in [1.165, 1.54) is 11.8 Å². The average Bonchev–Trinajstić information content (AvgIpc) is 2.80. The van der Waals surface area contributed by atoms with Gasteiger partial charge in [0.15, 0.2) is 10.9 Å². The number of nitriles is 1. The molecular formula is C22H22N6O2S2. The van der Waals surface area contributed by atoms with E-state index in [1.54, 1.807) is 12.4 Å². The summed E-state index contributed by atoms with van der Waals surface area (Å²) in [5.41, 5.74) is 2.30. The maximum absolute atomic E-state index is 12.6. The predicted molar refractivity (Wildman–Crippen MR) is 125 cm³/mol. The first-order chi connectivity index (χ1) is 15.7. The van der Waals surface area contributed by atoms with Gasteiger partial charge in [-0.05, 0) is 30.4 Å². The number of nitrogens with zero attached hydrogens (tertiary/aromatic N) is 5. The molecule has 1 fully saturated rings. The minimum absolute atomic E-state index is 0.0207. The highest BCUT2D eigenvalue weighted by atomic mass is 32.3. The minimum Gasteiger partial charge on any atom is -0.615 e. The Morgan fingerprint density at radius 3 is 2.53 bits per heavy atom. The molecule has 4 rings (SSSR count). The Morgan fingerprint density at radius 1 is 1.16 bits per heavy atom. The molecule has 3 aromatic rings. The van der Waals surface area contributed by atoms with E-state index in [0.717, 1.165) is 24.8 Å². The van der Waals surface area contributed by atoms with Crippen molar-refractivity contribution in [1.82, 2.24) is 19.9 Å². The number of aliphatic hydroxyl groups is 1. The summed E-state index contributed by atoms with van der Waals surface area (Å²) in [6.07, 6.45) is 6.32. The molecular weight excluding hydrogens is 444 g/mol. The largest absolute Gasteiger partial charge is 0.615 e. The highest BCUT2D eigenvalue weighted by Crippen LogP contribution is 2.34. The number of hydrogen-bond donors (Lipinski definition) is 2. The summed E-state index contributed by atoms with van der Waals surface area (Å²) in [5, 5.41) is 22.9. The second-order valence-electron chi connectivity index (χ2n) is 7.20. The highest BCUT2D eigenvalue weighted by molar-refractivity contribution is 8.12. The van der Waals surface area contributed by atoms with Crippen LogP contribution in [0.1, 0.15) is 24.8 Å². The highest BCUT2D eigenvalue weighted by Gasteiger charge is 2.30. The van der Waals surface area contributed by atoms with Gasteiger partial charge in [0.1, 0.15) is 21.9 Å². The van der Waals surface area contributed by atoms with Crippen LogP contribution in [0.5, 0.6) is 0 Å². The minimum atomic E-state index is -0.958. The van der Waals surface area contributed by atoms with Gasteiger partial charge in [0.05, 0.1) is 17.9 Å². The second-order valence-corrected chi connectivity index (χ2v) is 10.2. The lowest BCUT2D eigenvalue weighted by Crippen LogP contribution is -2.29. The molecule has 0 saturated heterocycles. The topological polar surface area (TPSA) is 131 Å². The summed E-state index contributed by atoms with van der Waals surface area (Å²) in [4.78, 5) is 17.8. The molecule has 10 heteroatoms. The Kier molecular flexibility index (Phi) is 7.55. The van der Waals surface area contributed by atoms with Crippen molar-refractivity contribution in [3.63, 3.8) is 0 Å². The summed E-state index contributed by atoms with van der Waals surface area (Å²) in [5.74, 6) is 0.790. The first kappa shape index (κ1) is 22.5. The van der Waals surface area contributed by atoms with Gasteiger partial charge in [-0.15, -0.1) is 0 Å². The van der Waals surface area contributed by atoms with Crippen LogP contribution in [0.4, 0.5) is 5.95 Å². The molecule has 0 radical (unpaired) electrons. The Balaban J connectivity index is 1.70. The quantitative estimate of drug-likeness (QED) is 0.277. The Bertz CT molecular complexity index is 1090. The van der Waals surface area contributed by atoms with Gasteiger partial charge in [0.2, 0.25) is 5.95 Å². The van der Waals surface area contributed by atoms with Crippen molar-refractivity contribution < 1.29 is 9.66 Å². The molecule has 1 unspecified atom stereocenters. The van der Waals surface area contributed by atoms with Crippen LogP contribution in [0.25, 0.3) is 22.6 Å². The Morgan fingerprint density at radius 2 is 1.91 bits per heavy atom. The summed E-state index contributed by atoms with van der Waals surface area (Å²) in [7, 11) is 0. The molecule has 2 N–H and O–H groups in total. The van der Waals surface area contributed by atoms with Gasteiger partial charge in [-0.3, -0.25) is 0 Å². The van der Waals surface area contributed by atoms with Crippen LogP contribution in [-0.2, 0) is 11.2 Å². The van der Waals surface area contributed by atoms with Crippen molar-refractivity contribution in [2.75, 3.05) is 23.6 Å². The van der Waals surface area contributed by atoms with Crippen LogP contribution in [0.15, 0.2) is 47.8 Å². The van der Waals surface area contributed by atoms with Gasteiger partial charge >= 0.3 is 0 Å². The summed E-state index contributed by atoms with van der Waals surface area (Å²) in [6, 6.07) is 11.7. The second kappa shape index (κ2) is 10.7. The lowest BCUT2D eigenvalue weighted by molar-refractivity contribution is 0.311. The van der Waals surface area contributed by atoms with E-state index in [4.69, 9.17) is 5.11 Å². The monoisotopic (exact) mass is 466 g/mol. The van der Waals surface area contributed by atoms with Crippen LogP contribution in [-0.4, -0.2) is 53.1 Å². The molecule has 0 amide bonds. The number of thioether (sulfide) groups is 1. The van der Waals surface area contributed by atoms with E-state index >= 15 is 0 Å². The van der Waals surface area contributed by atoms with Gasteiger partial charge in [-0.2, -0.15) is 5.26 Å². The molecule has 1 saturated carbocycles. The maximum Gasteiger partial charge on any atom is 0.222 e. The van der Waals surface area contributed by atoms with Gasteiger partial charge in [0, 0.05) is 24.5 Å². The molecule has 1 aliphatic rings. The van der Waals surface area contributed by atoms with E-state index in [1.807, 2.05) is 30.3 Å². The fourth-order valence-corrected chi connectivity index (χ4v) is 6.10. The van der Waals surface area contributed by atoms with Crippen LogP contribution in [0.3, 0.4) is 0 Å². The third-order valence-corrected chi connectivity index (χ3v) is 8.26. The first-order valence-electron chi connectivity index (χ1n) is 10.2. The van der Waals surface area contributed by atoms with Gasteiger partial charge < -0.3 is 15.0 Å². The number of aromatic nitrogens is 4. The molecule has 0 spiro atoms. The normalized spacial score (nSPS) is 14.4. The molecule has 1 aromatic carbocycles. The van der Waals surface area contributed by atoms with Crippen molar-refractivity contribution in [1.29, 1.82) is 5.26 Å². The van der Waals surface area contributed by atoms with Gasteiger partial charge in [-0.25, -0.2) is 19.9 Å². The number of benzene rings is 1. The number of anilines is 1. The van der Waals surface area contributed by atoms with Crippen molar-refractivity contribution in [2.45, 2.75) is 29.5 Å². The zero-order valence-corrected chi connectivity index (χ0v) is 18.9. The molecule has 1 atom stereocenters. The molecule has 0 aliphatic heterocycles. The SMILES string of the molecule is N#Cc1c(SC[S+]([O-])C2CCC2)nc(-c2cnc(NCCO)nc2)nc1-c1ccccc1.